The van der Waals surface area contributed by atoms with E-state index in [0.29, 0.717) is 6.54 Å². The van der Waals surface area contributed by atoms with Gasteiger partial charge in [-0.2, -0.15) is 0 Å². The highest BCUT2D eigenvalue weighted by molar-refractivity contribution is 7.91. The third kappa shape index (κ3) is 3.49. The minimum atomic E-state index is -3.63. The zero-order chi connectivity index (χ0) is 13.9. The van der Waals surface area contributed by atoms with Crippen LogP contribution in [0.5, 0.6) is 0 Å². The van der Waals surface area contributed by atoms with E-state index in [9.17, 15) is 8.42 Å². The van der Waals surface area contributed by atoms with Crippen LogP contribution in [0.3, 0.4) is 0 Å². The van der Waals surface area contributed by atoms with Crippen LogP contribution in [0, 0.1) is 0 Å². The highest BCUT2D eigenvalue weighted by Gasteiger charge is 2.20. The van der Waals surface area contributed by atoms with Crippen LogP contribution >= 0.6 is 11.3 Å². The molecule has 0 fully saturated rings. The van der Waals surface area contributed by atoms with Crippen LogP contribution in [0.4, 0.5) is 5.13 Å². The lowest BCUT2D eigenvalue weighted by Crippen LogP contribution is -2.27. The molecule has 0 bridgehead atoms. The molecule has 0 saturated carbocycles. The number of nitrogens with two attached hydrogens (primary N) is 1. The van der Waals surface area contributed by atoms with Gasteiger partial charge in [-0.1, -0.05) is 48.6 Å². The van der Waals surface area contributed by atoms with Gasteiger partial charge in [-0.3, -0.25) is 0 Å². The number of hydrogen-bond acceptors (Lipinski definition) is 6. The molecule has 8 heteroatoms. The summed E-state index contributed by atoms with van der Waals surface area (Å²) in [6.45, 7) is 2.25. The predicted molar refractivity (Wildman–Crippen MR) is 74.4 cm³/mol. The summed E-state index contributed by atoms with van der Waals surface area (Å²) in [4.78, 5) is 0. The van der Waals surface area contributed by atoms with Crippen molar-refractivity contribution in [1.82, 2.24) is 14.9 Å². The van der Waals surface area contributed by atoms with Gasteiger partial charge >= 0.3 is 0 Å². The van der Waals surface area contributed by atoms with Crippen molar-refractivity contribution >= 4 is 26.5 Å². The highest BCUT2D eigenvalue weighted by Crippen LogP contribution is 2.18. The Hall–Kier alpha value is -1.51. The SMILES string of the molecule is CC(CNS(=O)(=O)c1nnc(N)s1)c1ccccc1. The van der Waals surface area contributed by atoms with Crippen molar-refractivity contribution in [3.05, 3.63) is 35.9 Å². The summed E-state index contributed by atoms with van der Waals surface area (Å²) < 4.78 is 26.3. The van der Waals surface area contributed by atoms with E-state index in [2.05, 4.69) is 14.9 Å². The number of nitrogen functional groups attached to an aromatic ring is 1. The van der Waals surface area contributed by atoms with Gasteiger partial charge in [-0.25, -0.2) is 13.1 Å². The maximum absolute atomic E-state index is 11.9. The van der Waals surface area contributed by atoms with Crippen LogP contribution in [0.1, 0.15) is 18.4 Å². The van der Waals surface area contributed by atoms with E-state index in [0.717, 1.165) is 16.9 Å². The smallest absolute Gasteiger partial charge is 0.269 e. The van der Waals surface area contributed by atoms with Crippen molar-refractivity contribution in [1.29, 1.82) is 0 Å². The molecule has 6 nitrogen and oxygen atoms in total. The molecule has 2 rings (SSSR count). The van der Waals surface area contributed by atoms with Crippen molar-refractivity contribution in [2.45, 2.75) is 17.2 Å². The predicted octanol–water partition coefficient (Wildman–Crippen LogP) is 1.20. The molecule has 0 aliphatic rings. The first-order chi connectivity index (χ1) is 8.99. The van der Waals surface area contributed by atoms with E-state index in [4.69, 9.17) is 5.73 Å². The molecule has 102 valence electrons. The summed E-state index contributed by atoms with van der Waals surface area (Å²) in [5.74, 6) is 0.0706. The molecule has 0 aliphatic heterocycles. The first kappa shape index (κ1) is 13.9. The second-order valence-corrected chi connectivity index (χ2v) is 7.02. The Morgan fingerprint density at radius 3 is 2.58 bits per heavy atom. The average molecular weight is 298 g/mol. The molecule has 0 radical (unpaired) electrons. The minimum absolute atomic E-state index is 0.0706. The summed E-state index contributed by atoms with van der Waals surface area (Å²) in [5.41, 5.74) is 6.45. The Labute approximate surface area is 115 Å². The molecule has 19 heavy (non-hydrogen) atoms. The van der Waals surface area contributed by atoms with Crippen molar-refractivity contribution in [3.63, 3.8) is 0 Å². The summed E-state index contributed by atoms with van der Waals surface area (Å²) in [5, 5.41) is 7.16. The van der Waals surface area contributed by atoms with E-state index >= 15 is 0 Å². The van der Waals surface area contributed by atoms with Crippen molar-refractivity contribution in [2.24, 2.45) is 0 Å². The monoisotopic (exact) mass is 298 g/mol. The number of sulfonamides is 1. The molecule has 0 aliphatic carbocycles. The summed E-state index contributed by atoms with van der Waals surface area (Å²) in [6.07, 6.45) is 0. The number of aromatic nitrogens is 2. The van der Waals surface area contributed by atoms with Gasteiger partial charge in [0.25, 0.3) is 10.0 Å². The van der Waals surface area contributed by atoms with E-state index in [1.54, 1.807) is 0 Å². The van der Waals surface area contributed by atoms with E-state index < -0.39 is 10.0 Å². The van der Waals surface area contributed by atoms with Gasteiger partial charge in [0.15, 0.2) is 0 Å². The summed E-state index contributed by atoms with van der Waals surface area (Å²) in [6, 6.07) is 9.69. The quantitative estimate of drug-likeness (QED) is 0.864. The van der Waals surface area contributed by atoms with E-state index in [1.165, 1.54) is 0 Å². The minimum Gasteiger partial charge on any atom is -0.374 e. The number of anilines is 1. The molecule has 1 heterocycles. The molecule has 0 spiro atoms. The van der Waals surface area contributed by atoms with Crippen LogP contribution in [-0.2, 0) is 10.0 Å². The molecule has 1 aromatic heterocycles. The normalized spacial score (nSPS) is 13.3. The van der Waals surface area contributed by atoms with Crippen LogP contribution < -0.4 is 10.5 Å². The number of benzene rings is 1. The second-order valence-electron chi connectivity index (χ2n) is 4.07. The number of nitrogens with one attached hydrogen (secondary N) is 1. The van der Waals surface area contributed by atoms with Crippen molar-refractivity contribution in [3.8, 4) is 0 Å². The topological polar surface area (TPSA) is 98.0 Å². The fourth-order valence-electron chi connectivity index (χ4n) is 1.52. The van der Waals surface area contributed by atoms with Crippen LogP contribution in [0.2, 0.25) is 0 Å². The lowest BCUT2D eigenvalue weighted by atomic mass is 10.0. The maximum atomic E-state index is 11.9. The van der Waals surface area contributed by atoms with E-state index in [1.807, 2.05) is 37.3 Å². The second kappa shape index (κ2) is 5.64. The molecule has 3 N–H and O–H groups in total. The fraction of sp³-hybridized carbons (Fsp3) is 0.273. The third-order valence-corrected chi connectivity index (χ3v) is 5.14. The first-order valence-electron chi connectivity index (χ1n) is 5.62. The Kier molecular flexibility index (Phi) is 4.13. The Morgan fingerprint density at radius 1 is 1.32 bits per heavy atom. The largest absolute Gasteiger partial charge is 0.374 e. The van der Waals surface area contributed by atoms with Crippen molar-refractivity contribution in [2.75, 3.05) is 12.3 Å². The van der Waals surface area contributed by atoms with Gasteiger partial charge in [0, 0.05) is 6.54 Å². The summed E-state index contributed by atoms with van der Waals surface area (Å²) in [7, 11) is -3.63. The Balaban J connectivity index is 2.03. The molecule has 2 aromatic rings. The lowest BCUT2D eigenvalue weighted by molar-refractivity contribution is 0.573. The van der Waals surface area contributed by atoms with Gasteiger partial charge in [0.2, 0.25) is 9.47 Å². The molecule has 0 saturated heterocycles. The average Bonchev–Trinajstić information content (AvgIpc) is 2.85. The standard InChI is InChI=1S/C11H14N4O2S2/c1-8(9-5-3-2-4-6-9)7-13-19(16,17)11-15-14-10(12)18-11/h2-6,8,13H,7H2,1H3,(H2,12,14). The molecular formula is C11H14N4O2S2. The van der Waals surface area contributed by atoms with Gasteiger partial charge in [0.1, 0.15) is 0 Å². The zero-order valence-corrected chi connectivity index (χ0v) is 11.9. The number of rotatable bonds is 5. The Bertz CT molecular complexity index is 640. The summed E-state index contributed by atoms with van der Waals surface area (Å²) >= 11 is 0.847. The first-order valence-corrected chi connectivity index (χ1v) is 7.92. The van der Waals surface area contributed by atoms with E-state index in [-0.39, 0.29) is 15.4 Å². The van der Waals surface area contributed by atoms with Gasteiger partial charge < -0.3 is 5.73 Å². The fourth-order valence-corrected chi connectivity index (χ4v) is 3.48. The molecular weight excluding hydrogens is 284 g/mol. The van der Waals surface area contributed by atoms with Crippen LogP contribution in [-0.4, -0.2) is 25.2 Å². The number of nitrogens with zero attached hydrogens (tertiary/aromatic N) is 2. The molecule has 1 unspecified atom stereocenters. The Morgan fingerprint density at radius 2 is 2.00 bits per heavy atom. The number of hydrogen-bond donors (Lipinski definition) is 2. The molecule has 1 aromatic carbocycles. The lowest BCUT2D eigenvalue weighted by Gasteiger charge is -2.12. The third-order valence-electron chi connectivity index (χ3n) is 2.60. The molecule has 0 amide bonds. The highest BCUT2D eigenvalue weighted by atomic mass is 32.2. The maximum Gasteiger partial charge on any atom is 0.269 e. The van der Waals surface area contributed by atoms with Gasteiger partial charge in [-0.05, 0) is 11.5 Å². The zero-order valence-electron chi connectivity index (χ0n) is 10.3. The van der Waals surface area contributed by atoms with Crippen LogP contribution in [0.15, 0.2) is 34.7 Å². The van der Waals surface area contributed by atoms with Gasteiger partial charge in [0.05, 0.1) is 0 Å². The molecule has 1 atom stereocenters. The van der Waals surface area contributed by atoms with Crippen molar-refractivity contribution < 1.29 is 8.42 Å². The van der Waals surface area contributed by atoms with Crippen LogP contribution in [0.25, 0.3) is 0 Å². The van der Waals surface area contributed by atoms with Gasteiger partial charge in [-0.15, -0.1) is 10.2 Å².